The summed E-state index contributed by atoms with van der Waals surface area (Å²) >= 11 is 0. The number of anilines is 1. The average Bonchev–Trinajstić information content (AvgIpc) is 2.55. The number of ether oxygens (including phenoxy) is 1. The summed E-state index contributed by atoms with van der Waals surface area (Å²) in [4.78, 5) is 14.6. The molecule has 0 saturated carbocycles. The van der Waals surface area contributed by atoms with Crippen LogP contribution in [0.2, 0.25) is 0 Å². The molecule has 0 spiro atoms. The summed E-state index contributed by atoms with van der Waals surface area (Å²) in [5, 5.41) is 2.46. The van der Waals surface area contributed by atoms with Crippen molar-refractivity contribution in [3.63, 3.8) is 0 Å². The Kier molecular flexibility index (Phi) is 3.75. The zero-order valence-corrected chi connectivity index (χ0v) is 13.1. The summed E-state index contributed by atoms with van der Waals surface area (Å²) in [6, 6.07) is 11.1. The Bertz CT molecular complexity index is 879. The number of benzene rings is 2. The quantitative estimate of drug-likeness (QED) is 0.687. The lowest BCUT2D eigenvalue weighted by Crippen LogP contribution is -2.23. The number of hydrogen-bond donors (Lipinski definition) is 0. The molecule has 0 fully saturated rings. The molecule has 0 aliphatic heterocycles. The maximum atomic E-state index is 12.6. The lowest BCUT2D eigenvalue weighted by Gasteiger charge is -2.19. The Morgan fingerprint density at radius 3 is 2.50 bits per heavy atom. The Morgan fingerprint density at radius 2 is 1.82 bits per heavy atom. The summed E-state index contributed by atoms with van der Waals surface area (Å²) in [5.74, 6) is 1.34. The molecule has 2 aromatic carbocycles. The zero-order chi connectivity index (χ0) is 15.7. The highest BCUT2D eigenvalue weighted by molar-refractivity contribution is 6.06. The zero-order valence-electron chi connectivity index (χ0n) is 13.1. The van der Waals surface area contributed by atoms with E-state index in [4.69, 9.17) is 9.15 Å². The largest absolute Gasteiger partial charge is 0.497 e. The first kappa shape index (κ1) is 14.4. The second kappa shape index (κ2) is 5.72. The molecule has 0 unspecified atom stereocenters. The van der Waals surface area contributed by atoms with Gasteiger partial charge in [0.2, 0.25) is 0 Å². The van der Waals surface area contributed by atoms with Crippen molar-refractivity contribution in [1.29, 1.82) is 0 Å². The molecule has 4 nitrogen and oxygen atoms in total. The van der Waals surface area contributed by atoms with E-state index in [0.29, 0.717) is 16.9 Å². The lowest BCUT2D eigenvalue weighted by molar-refractivity contribution is 0.415. The predicted molar refractivity (Wildman–Crippen MR) is 90.1 cm³/mol. The van der Waals surface area contributed by atoms with Gasteiger partial charge < -0.3 is 14.1 Å². The third-order valence-corrected chi connectivity index (χ3v) is 3.98. The molecule has 0 amide bonds. The van der Waals surface area contributed by atoms with Gasteiger partial charge in [0, 0.05) is 24.5 Å². The van der Waals surface area contributed by atoms with E-state index in [2.05, 4.69) is 0 Å². The Morgan fingerprint density at radius 1 is 1.09 bits per heavy atom. The number of fused-ring (bicyclic) bond motifs is 3. The van der Waals surface area contributed by atoms with Gasteiger partial charge in [0.25, 0.3) is 0 Å². The Balaban J connectivity index is 2.33. The molecular weight excluding hydrogens is 278 g/mol. The van der Waals surface area contributed by atoms with E-state index < -0.39 is 0 Å². The van der Waals surface area contributed by atoms with Crippen LogP contribution in [0.4, 0.5) is 5.88 Å². The van der Waals surface area contributed by atoms with Crippen molar-refractivity contribution in [1.82, 2.24) is 0 Å². The smallest absolute Gasteiger partial charge is 0.199 e. The number of hydrogen-bond acceptors (Lipinski definition) is 4. The maximum absolute atomic E-state index is 12.6. The SMILES string of the molecule is CCN(CC)c1cc(=O)c2c(ccc3ccc(OC)cc32)o1. The number of nitrogens with zero attached hydrogens (tertiary/aromatic N) is 1. The number of methoxy groups -OCH3 is 1. The van der Waals surface area contributed by atoms with Crippen molar-refractivity contribution in [3.8, 4) is 5.75 Å². The summed E-state index contributed by atoms with van der Waals surface area (Å²) in [5.41, 5.74) is 0.581. The van der Waals surface area contributed by atoms with E-state index in [9.17, 15) is 4.79 Å². The van der Waals surface area contributed by atoms with E-state index in [-0.39, 0.29) is 5.43 Å². The van der Waals surface area contributed by atoms with Gasteiger partial charge in [0.15, 0.2) is 11.3 Å². The molecule has 1 heterocycles. The minimum Gasteiger partial charge on any atom is -0.497 e. The highest BCUT2D eigenvalue weighted by Gasteiger charge is 2.12. The van der Waals surface area contributed by atoms with Gasteiger partial charge in [-0.3, -0.25) is 4.79 Å². The van der Waals surface area contributed by atoms with Gasteiger partial charge >= 0.3 is 0 Å². The molecular formula is C18H19NO3. The first-order valence-corrected chi connectivity index (χ1v) is 7.47. The van der Waals surface area contributed by atoms with E-state index in [0.717, 1.165) is 29.6 Å². The van der Waals surface area contributed by atoms with Crippen molar-refractivity contribution in [2.45, 2.75) is 13.8 Å². The van der Waals surface area contributed by atoms with Crippen LogP contribution in [0.5, 0.6) is 5.75 Å². The van der Waals surface area contributed by atoms with Crippen molar-refractivity contribution in [2.75, 3.05) is 25.1 Å². The molecule has 0 atom stereocenters. The molecule has 0 saturated heterocycles. The van der Waals surface area contributed by atoms with Crippen LogP contribution in [-0.2, 0) is 0 Å². The molecule has 114 valence electrons. The van der Waals surface area contributed by atoms with E-state index >= 15 is 0 Å². The molecule has 0 radical (unpaired) electrons. The van der Waals surface area contributed by atoms with E-state index in [1.807, 2.05) is 49.1 Å². The molecule has 3 rings (SSSR count). The fraction of sp³-hybridized carbons (Fsp3) is 0.278. The van der Waals surface area contributed by atoms with Gasteiger partial charge in [-0.25, -0.2) is 0 Å². The highest BCUT2D eigenvalue weighted by atomic mass is 16.5. The fourth-order valence-corrected chi connectivity index (χ4v) is 2.76. The van der Waals surface area contributed by atoms with Crippen molar-refractivity contribution < 1.29 is 9.15 Å². The minimum absolute atomic E-state index is 0.0259. The third-order valence-electron chi connectivity index (χ3n) is 3.98. The summed E-state index contributed by atoms with van der Waals surface area (Å²) in [7, 11) is 1.62. The van der Waals surface area contributed by atoms with Crippen LogP contribution in [0.1, 0.15) is 13.8 Å². The predicted octanol–water partition coefficient (Wildman–Crippen LogP) is 3.80. The number of rotatable bonds is 4. The molecule has 22 heavy (non-hydrogen) atoms. The molecule has 0 bridgehead atoms. The van der Waals surface area contributed by atoms with E-state index in [1.165, 1.54) is 0 Å². The average molecular weight is 297 g/mol. The molecule has 4 heteroatoms. The topological polar surface area (TPSA) is 42.7 Å². The van der Waals surface area contributed by atoms with Crippen LogP contribution in [0.25, 0.3) is 21.7 Å². The van der Waals surface area contributed by atoms with Gasteiger partial charge in [-0.05, 0) is 37.4 Å². The van der Waals surface area contributed by atoms with Crippen LogP contribution in [0, 0.1) is 0 Å². The second-order valence-electron chi connectivity index (χ2n) is 5.15. The summed E-state index contributed by atoms with van der Waals surface area (Å²) in [6.07, 6.45) is 0. The van der Waals surface area contributed by atoms with Crippen LogP contribution in [-0.4, -0.2) is 20.2 Å². The first-order chi connectivity index (χ1) is 10.7. The van der Waals surface area contributed by atoms with Crippen LogP contribution < -0.4 is 15.1 Å². The Hall–Kier alpha value is -2.49. The Labute approximate surface area is 128 Å². The highest BCUT2D eigenvalue weighted by Crippen LogP contribution is 2.28. The normalized spacial score (nSPS) is 11.0. The standard InChI is InChI=1S/C18H19NO3/c1-4-19(5-2)17-11-15(20)18-14-10-13(21-3)8-6-12(14)7-9-16(18)22-17/h6-11H,4-5H2,1-3H3. The lowest BCUT2D eigenvalue weighted by atomic mass is 10.1. The summed E-state index contributed by atoms with van der Waals surface area (Å²) in [6.45, 7) is 5.68. The first-order valence-electron chi connectivity index (χ1n) is 7.47. The van der Waals surface area contributed by atoms with Gasteiger partial charge in [-0.2, -0.15) is 0 Å². The monoisotopic (exact) mass is 297 g/mol. The maximum Gasteiger partial charge on any atom is 0.199 e. The van der Waals surface area contributed by atoms with Crippen molar-refractivity contribution in [2.24, 2.45) is 0 Å². The van der Waals surface area contributed by atoms with Crippen LogP contribution in [0.15, 0.2) is 45.6 Å². The van der Waals surface area contributed by atoms with Crippen LogP contribution in [0.3, 0.4) is 0 Å². The second-order valence-corrected chi connectivity index (χ2v) is 5.15. The van der Waals surface area contributed by atoms with Crippen molar-refractivity contribution >= 4 is 27.6 Å². The fourth-order valence-electron chi connectivity index (χ4n) is 2.76. The minimum atomic E-state index is -0.0259. The van der Waals surface area contributed by atoms with Crippen molar-refractivity contribution in [3.05, 3.63) is 46.6 Å². The van der Waals surface area contributed by atoms with Gasteiger partial charge in [0.1, 0.15) is 11.3 Å². The van der Waals surface area contributed by atoms with E-state index in [1.54, 1.807) is 13.2 Å². The molecule has 3 aromatic rings. The molecule has 0 aliphatic carbocycles. The third kappa shape index (κ3) is 2.30. The summed E-state index contributed by atoms with van der Waals surface area (Å²) < 4.78 is 11.2. The molecule has 1 aromatic heterocycles. The molecule has 0 aliphatic rings. The van der Waals surface area contributed by atoms with Gasteiger partial charge in [0.05, 0.1) is 12.5 Å². The van der Waals surface area contributed by atoms with Gasteiger partial charge in [-0.1, -0.05) is 12.1 Å². The molecule has 0 N–H and O–H groups in total. The van der Waals surface area contributed by atoms with Gasteiger partial charge in [-0.15, -0.1) is 0 Å². The van der Waals surface area contributed by atoms with Crippen LogP contribution >= 0.6 is 0 Å².